The highest BCUT2D eigenvalue weighted by Crippen LogP contribution is 2.34. The fraction of sp³-hybridized carbons (Fsp3) is 0.0556. The second-order valence-electron chi connectivity index (χ2n) is 10.8. The van der Waals surface area contributed by atoms with Crippen LogP contribution in [0.5, 0.6) is 0 Å². The minimum atomic E-state index is -4.09. The zero-order valence-electron chi connectivity index (χ0n) is 24.2. The Morgan fingerprint density at radius 2 is 0.851 bits per heavy atom. The average molecular weight is 661 g/mol. The van der Waals surface area contributed by atoms with Crippen molar-refractivity contribution in [1.82, 2.24) is 9.97 Å². The van der Waals surface area contributed by atoms with Crippen LogP contribution in [0.3, 0.4) is 0 Å². The van der Waals surface area contributed by atoms with E-state index >= 15 is 8.78 Å². The fourth-order valence-electron chi connectivity index (χ4n) is 5.30. The SMILES string of the molecule is O=S(=O)(Cc1ccc(-c2ncccc2-c2cc(F)cc(F)c2)cc1F)Cc1ccc(-c2ncccc2-c2cc(F)cc(F)c2)cc1F. The zero-order valence-corrected chi connectivity index (χ0v) is 25.0. The predicted octanol–water partition coefficient (Wildman–Crippen LogP) is 9.09. The smallest absolute Gasteiger partial charge is 0.158 e. The Kier molecular flexibility index (Phi) is 8.65. The van der Waals surface area contributed by atoms with Gasteiger partial charge in [0.25, 0.3) is 0 Å². The first-order chi connectivity index (χ1) is 22.5. The number of nitrogens with zero attached hydrogens (tertiary/aromatic N) is 2. The Hall–Kier alpha value is -5.29. The monoisotopic (exact) mass is 660 g/mol. The van der Waals surface area contributed by atoms with Gasteiger partial charge >= 0.3 is 0 Å². The molecule has 6 rings (SSSR count). The molecule has 0 N–H and O–H groups in total. The van der Waals surface area contributed by atoms with Gasteiger partial charge in [0.1, 0.15) is 34.9 Å². The molecule has 0 aliphatic heterocycles. The summed E-state index contributed by atoms with van der Waals surface area (Å²) >= 11 is 0. The molecule has 0 bridgehead atoms. The average Bonchev–Trinajstić information content (AvgIpc) is 3.02. The Morgan fingerprint density at radius 3 is 1.21 bits per heavy atom. The van der Waals surface area contributed by atoms with E-state index in [9.17, 15) is 26.0 Å². The van der Waals surface area contributed by atoms with Crippen LogP contribution in [0.2, 0.25) is 0 Å². The maximum atomic E-state index is 15.3. The van der Waals surface area contributed by atoms with E-state index < -0.39 is 56.2 Å². The first-order valence-electron chi connectivity index (χ1n) is 14.1. The van der Waals surface area contributed by atoms with Gasteiger partial charge in [-0.05, 0) is 59.7 Å². The number of hydrogen-bond donors (Lipinski definition) is 0. The van der Waals surface area contributed by atoms with Gasteiger partial charge in [-0.2, -0.15) is 0 Å². The molecular formula is C36H22F6N2O2S. The highest BCUT2D eigenvalue weighted by Gasteiger charge is 2.21. The van der Waals surface area contributed by atoms with Crippen LogP contribution in [0, 0.1) is 34.9 Å². The van der Waals surface area contributed by atoms with Crippen LogP contribution in [0.15, 0.2) is 109 Å². The Labute approximate surface area is 266 Å². The largest absolute Gasteiger partial charge is 0.256 e. The first-order valence-corrected chi connectivity index (χ1v) is 15.9. The Balaban J connectivity index is 1.23. The van der Waals surface area contributed by atoms with Crippen molar-refractivity contribution in [3.63, 3.8) is 0 Å². The minimum absolute atomic E-state index is 0.166. The molecule has 4 nitrogen and oxygen atoms in total. The van der Waals surface area contributed by atoms with Crippen LogP contribution in [0.4, 0.5) is 26.3 Å². The molecule has 47 heavy (non-hydrogen) atoms. The van der Waals surface area contributed by atoms with Gasteiger partial charge in [0.05, 0.1) is 22.9 Å². The predicted molar refractivity (Wildman–Crippen MR) is 166 cm³/mol. The van der Waals surface area contributed by atoms with E-state index in [-0.39, 0.29) is 44.8 Å². The lowest BCUT2D eigenvalue weighted by atomic mass is 9.98. The van der Waals surface area contributed by atoms with Crippen molar-refractivity contribution in [2.45, 2.75) is 11.5 Å². The lowest BCUT2D eigenvalue weighted by Gasteiger charge is -2.12. The maximum absolute atomic E-state index is 15.3. The van der Waals surface area contributed by atoms with Crippen LogP contribution in [0.1, 0.15) is 11.1 Å². The van der Waals surface area contributed by atoms with E-state index in [2.05, 4.69) is 9.97 Å². The standard InChI is InChI=1S/C36H22F6N2O2S/c37-27-11-25(12-28(38)17-27)31-3-1-9-43-35(31)21-5-7-23(33(41)15-21)19-47(45,46)20-24-8-6-22(16-34(24)42)36-32(4-2-10-44-36)26-13-29(39)18-30(40)14-26/h1-18H,19-20H2. The number of aromatic nitrogens is 2. The number of sulfone groups is 1. The van der Waals surface area contributed by atoms with Crippen LogP contribution >= 0.6 is 0 Å². The lowest BCUT2D eigenvalue weighted by molar-refractivity contribution is 0.580. The number of halogens is 6. The molecule has 0 fully saturated rings. The Morgan fingerprint density at radius 1 is 0.468 bits per heavy atom. The van der Waals surface area contributed by atoms with Crippen molar-refractivity contribution in [1.29, 1.82) is 0 Å². The summed E-state index contributed by atoms with van der Waals surface area (Å²) in [7, 11) is -4.09. The summed E-state index contributed by atoms with van der Waals surface area (Å²) in [6, 6.07) is 19.8. The van der Waals surface area contributed by atoms with Gasteiger partial charge in [0.15, 0.2) is 9.84 Å². The van der Waals surface area contributed by atoms with Crippen molar-refractivity contribution < 1.29 is 34.8 Å². The van der Waals surface area contributed by atoms with E-state index in [0.29, 0.717) is 11.1 Å². The summed E-state index contributed by atoms with van der Waals surface area (Å²) in [6.07, 6.45) is 2.86. The third-order valence-corrected chi connectivity index (χ3v) is 8.87. The summed E-state index contributed by atoms with van der Waals surface area (Å²) in [6.45, 7) is 0. The molecule has 6 aromatic rings. The van der Waals surface area contributed by atoms with Crippen molar-refractivity contribution in [2.24, 2.45) is 0 Å². The highest BCUT2D eigenvalue weighted by molar-refractivity contribution is 7.89. The first kappa shape index (κ1) is 31.7. The number of hydrogen-bond acceptors (Lipinski definition) is 4. The molecular weight excluding hydrogens is 638 g/mol. The van der Waals surface area contributed by atoms with E-state index in [1.807, 2.05) is 0 Å². The van der Waals surface area contributed by atoms with Crippen LogP contribution < -0.4 is 0 Å². The van der Waals surface area contributed by atoms with Gasteiger partial charge in [0, 0.05) is 57.9 Å². The van der Waals surface area contributed by atoms with Gasteiger partial charge in [-0.1, -0.05) is 36.4 Å². The van der Waals surface area contributed by atoms with Gasteiger partial charge in [-0.15, -0.1) is 0 Å². The summed E-state index contributed by atoms with van der Waals surface area (Å²) in [5, 5.41) is 0. The summed E-state index contributed by atoms with van der Waals surface area (Å²) < 4.78 is 112. The van der Waals surface area contributed by atoms with Gasteiger partial charge in [-0.3, -0.25) is 9.97 Å². The van der Waals surface area contributed by atoms with E-state index in [1.54, 1.807) is 24.3 Å². The molecule has 11 heteroatoms. The molecule has 0 atom stereocenters. The number of rotatable bonds is 8. The fourth-order valence-corrected chi connectivity index (χ4v) is 6.82. The second kappa shape index (κ2) is 12.8. The number of benzene rings is 4. The molecule has 0 unspecified atom stereocenters. The molecule has 0 saturated carbocycles. The molecule has 0 amide bonds. The lowest BCUT2D eigenvalue weighted by Crippen LogP contribution is -2.10. The third-order valence-electron chi connectivity index (χ3n) is 7.37. The van der Waals surface area contributed by atoms with Crippen LogP contribution in [-0.2, 0) is 21.3 Å². The number of pyridine rings is 2. The topological polar surface area (TPSA) is 59.9 Å². The quantitative estimate of drug-likeness (QED) is 0.153. The zero-order chi connectivity index (χ0) is 33.3. The summed E-state index contributed by atoms with van der Waals surface area (Å²) in [4.78, 5) is 8.49. The summed E-state index contributed by atoms with van der Waals surface area (Å²) in [5.41, 5.74) is 1.68. The highest BCUT2D eigenvalue weighted by atomic mass is 32.2. The molecule has 0 spiro atoms. The maximum Gasteiger partial charge on any atom is 0.158 e. The second-order valence-corrected chi connectivity index (χ2v) is 12.8. The molecule has 0 aliphatic rings. The third kappa shape index (κ3) is 7.10. The van der Waals surface area contributed by atoms with Gasteiger partial charge < -0.3 is 0 Å². The Bertz CT molecular complexity index is 2070. The van der Waals surface area contributed by atoms with Crippen molar-refractivity contribution in [3.05, 3.63) is 155 Å². The molecule has 2 heterocycles. The van der Waals surface area contributed by atoms with E-state index in [1.165, 1.54) is 36.7 Å². The van der Waals surface area contributed by atoms with Crippen LogP contribution in [0.25, 0.3) is 44.8 Å². The van der Waals surface area contributed by atoms with Crippen molar-refractivity contribution >= 4 is 9.84 Å². The van der Waals surface area contributed by atoms with Crippen molar-refractivity contribution in [2.75, 3.05) is 0 Å². The normalized spacial score (nSPS) is 11.5. The molecule has 0 aliphatic carbocycles. The molecule has 4 aromatic carbocycles. The van der Waals surface area contributed by atoms with E-state index in [0.717, 1.165) is 48.5 Å². The molecule has 236 valence electrons. The van der Waals surface area contributed by atoms with Crippen LogP contribution in [-0.4, -0.2) is 18.4 Å². The summed E-state index contributed by atoms with van der Waals surface area (Å²) in [5.74, 6) is -6.38. The van der Waals surface area contributed by atoms with Gasteiger partial charge in [-0.25, -0.2) is 34.8 Å². The van der Waals surface area contributed by atoms with Crippen molar-refractivity contribution in [3.8, 4) is 44.8 Å². The minimum Gasteiger partial charge on any atom is -0.256 e. The molecule has 2 aromatic heterocycles. The molecule has 0 radical (unpaired) electrons. The van der Waals surface area contributed by atoms with E-state index in [4.69, 9.17) is 0 Å². The van der Waals surface area contributed by atoms with Gasteiger partial charge in [0.2, 0.25) is 0 Å². The molecule has 0 saturated heterocycles.